The summed E-state index contributed by atoms with van der Waals surface area (Å²) in [5, 5.41) is 7.42. The SMILES string of the molecule is Cc1cc(C)cc(NC(=S)N[C@@H](C[NH+](C)C)c2ccccc2)c1. The van der Waals surface area contributed by atoms with Crippen molar-refractivity contribution < 1.29 is 4.90 Å². The molecule has 2 aromatic carbocycles. The van der Waals surface area contributed by atoms with Crippen LogP contribution < -0.4 is 15.5 Å². The van der Waals surface area contributed by atoms with Crippen molar-refractivity contribution in [2.45, 2.75) is 19.9 Å². The molecular weight excluding hydrogens is 302 g/mol. The zero-order chi connectivity index (χ0) is 16.8. The molecule has 0 amide bonds. The molecule has 0 aliphatic carbocycles. The Morgan fingerprint density at radius 2 is 1.65 bits per heavy atom. The smallest absolute Gasteiger partial charge is 0.171 e. The molecule has 23 heavy (non-hydrogen) atoms. The first kappa shape index (κ1) is 17.4. The average Bonchev–Trinajstić information content (AvgIpc) is 2.45. The van der Waals surface area contributed by atoms with Gasteiger partial charge in [-0.1, -0.05) is 36.4 Å². The van der Waals surface area contributed by atoms with Crippen LogP contribution in [-0.2, 0) is 0 Å². The van der Waals surface area contributed by atoms with Gasteiger partial charge < -0.3 is 15.5 Å². The van der Waals surface area contributed by atoms with Crippen molar-refractivity contribution in [3.05, 3.63) is 65.2 Å². The van der Waals surface area contributed by atoms with Gasteiger partial charge in [-0.3, -0.25) is 0 Å². The zero-order valence-corrected chi connectivity index (χ0v) is 15.1. The van der Waals surface area contributed by atoms with Gasteiger partial charge in [-0.05, 0) is 54.9 Å². The highest BCUT2D eigenvalue weighted by molar-refractivity contribution is 7.80. The summed E-state index contributed by atoms with van der Waals surface area (Å²) < 4.78 is 0. The molecule has 3 N–H and O–H groups in total. The summed E-state index contributed by atoms with van der Waals surface area (Å²) in [5.41, 5.74) is 4.74. The van der Waals surface area contributed by atoms with Crippen LogP contribution in [0.4, 0.5) is 5.69 Å². The normalized spacial score (nSPS) is 12.0. The van der Waals surface area contributed by atoms with Crippen molar-refractivity contribution in [1.82, 2.24) is 5.32 Å². The Morgan fingerprint density at radius 1 is 1.04 bits per heavy atom. The molecule has 2 aromatic rings. The zero-order valence-electron chi connectivity index (χ0n) is 14.3. The minimum atomic E-state index is 0.187. The molecule has 0 heterocycles. The number of rotatable bonds is 5. The third-order valence-corrected chi connectivity index (χ3v) is 3.82. The Morgan fingerprint density at radius 3 is 2.22 bits per heavy atom. The molecule has 0 unspecified atom stereocenters. The maximum absolute atomic E-state index is 5.52. The molecule has 0 fully saturated rings. The van der Waals surface area contributed by atoms with E-state index in [2.05, 4.69) is 81.0 Å². The molecule has 0 radical (unpaired) electrons. The van der Waals surface area contributed by atoms with Crippen LogP contribution in [0.3, 0.4) is 0 Å². The second-order valence-electron chi connectivity index (χ2n) is 6.35. The highest BCUT2D eigenvalue weighted by Gasteiger charge is 2.16. The molecule has 1 atom stereocenters. The Bertz CT molecular complexity index is 633. The number of nitrogens with one attached hydrogen (secondary N) is 3. The van der Waals surface area contributed by atoms with Crippen molar-refractivity contribution >= 4 is 23.0 Å². The lowest BCUT2D eigenvalue weighted by Crippen LogP contribution is -3.06. The lowest BCUT2D eigenvalue weighted by Gasteiger charge is -2.22. The van der Waals surface area contributed by atoms with Crippen molar-refractivity contribution in [2.75, 3.05) is 26.0 Å². The fourth-order valence-electron chi connectivity index (χ4n) is 2.72. The lowest BCUT2D eigenvalue weighted by molar-refractivity contribution is -0.860. The summed E-state index contributed by atoms with van der Waals surface area (Å²) in [7, 11) is 4.30. The highest BCUT2D eigenvalue weighted by atomic mass is 32.1. The lowest BCUT2D eigenvalue weighted by atomic mass is 10.1. The largest absolute Gasteiger partial charge is 0.350 e. The van der Waals surface area contributed by atoms with E-state index in [1.807, 2.05) is 6.07 Å². The summed E-state index contributed by atoms with van der Waals surface area (Å²) in [6, 6.07) is 17.0. The van der Waals surface area contributed by atoms with Crippen LogP contribution in [0.1, 0.15) is 22.7 Å². The van der Waals surface area contributed by atoms with Crippen molar-refractivity contribution in [1.29, 1.82) is 0 Å². The summed E-state index contributed by atoms with van der Waals surface area (Å²) in [6.45, 7) is 5.15. The quantitative estimate of drug-likeness (QED) is 0.737. The highest BCUT2D eigenvalue weighted by Crippen LogP contribution is 2.15. The predicted octanol–water partition coefficient (Wildman–Crippen LogP) is 2.48. The van der Waals surface area contributed by atoms with Gasteiger partial charge in [0.1, 0.15) is 12.6 Å². The summed E-state index contributed by atoms with van der Waals surface area (Å²) >= 11 is 5.52. The summed E-state index contributed by atoms with van der Waals surface area (Å²) in [6.07, 6.45) is 0. The molecular formula is C19H26N3S+. The number of hydrogen-bond acceptors (Lipinski definition) is 1. The van der Waals surface area contributed by atoms with E-state index in [0.29, 0.717) is 5.11 Å². The Kier molecular flexibility index (Phi) is 6.13. The number of likely N-dealkylation sites (N-methyl/N-ethyl adjacent to an activating group) is 1. The maximum atomic E-state index is 5.52. The topological polar surface area (TPSA) is 28.5 Å². The molecule has 0 bridgehead atoms. The minimum Gasteiger partial charge on any atom is -0.350 e. The van der Waals surface area contributed by atoms with Gasteiger partial charge in [0.15, 0.2) is 5.11 Å². The number of benzene rings is 2. The molecule has 0 aliphatic rings. The molecule has 2 rings (SSSR count). The fraction of sp³-hybridized carbons (Fsp3) is 0.316. The molecule has 3 nitrogen and oxygen atoms in total. The van der Waals surface area contributed by atoms with Gasteiger partial charge in [-0.2, -0.15) is 0 Å². The number of hydrogen-bond donors (Lipinski definition) is 3. The molecule has 122 valence electrons. The predicted molar refractivity (Wildman–Crippen MR) is 102 cm³/mol. The number of quaternary nitrogens is 1. The minimum absolute atomic E-state index is 0.187. The first-order valence-electron chi connectivity index (χ1n) is 7.94. The van der Waals surface area contributed by atoms with E-state index in [9.17, 15) is 0 Å². The first-order valence-corrected chi connectivity index (χ1v) is 8.34. The molecule has 0 aliphatic heterocycles. The Hall–Kier alpha value is -1.91. The summed E-state index contributed by atoms with van der Waals surface area (Å²) in [4.78, 5) is 1.38. The van der Waals surface area contributed by atoms with Gasteiger partial charge in [-0.25, -0.2) is 0 Å². The molecule has 4 heteroatoms. The molecule has 0 spiro atoms. The second kappa shape index (κ2) is 8.09. The van der Waals surface area contributed by atoms with Crippen molar-refractivity contribution in [3.8, 4) is 0 Å². The van der Waals surface area contributed by atoms with Crippen LogP contribution in [0.5, 0.6) is 0 Å². The Labute approximate surface area is 144 Å². The van der Waals surface area contributed by atoms with Gasteiger partial charge in [0.2, 0.25) is 0 Å². The fourth-order valence-corrected chi connectivity index (χ4v) is 2.98. The van der Waals surface area contributed by atoms with E-state index in [1.165, 1.54) is 21.6 Å². The third-order valence-electron chi connectivity index (χ3n) is 3.60. The van der Waals surface area contributed by atoms with Crippen molar-refractivity contribution in [3.63, 3.8) is 0 Å². The second-order valence-corrected chi connectivity index (χ2v) is 6.76. The monoisotopic (exact) mass is 328 g/mol. The van der Waals surface area contributed by atoms with Gasteiger partial charge in [0.05, 0.1) is 14.1 Å². The van der Waals surface area contributed by atoms with E-state index in [0.717, 1.165) is 12.2 Å². The van der Waals surface area contributed by atoms with Crippen LogP contribution in [-0.4, -0.2) is 25.8 Å². The van der Waals surface area contributed by atoms with Crippen LogP contribution in [0, 0.1) is 13.8 Å². The van der Waals surface area contributed by atoms with Gasteiger partial charge >= 0.3 is 0 Å². The van der Waals surface area contributed by atoms with Crippen LogP contribution in [0.2, 0.25) is 0 Å². The van der Waals surface area contributed by atoms with E-state index in [4.69, 9.17) is 12.2 Å². The van der Waals surface area contributed by atoms with Gasteiger partial charge in [0.25, 0.3) is 0 Å². The van der Waals surface area contributed by atoms with Crippen molar-refractivity contribution in [2.24, 2.45) is 0 Å². The van der Waals surface area contributed by atoms with Crippen LogP contribution in [0.25, 0.3) is 0 Å². The number of anilines is 1. The number of aryl methyl sites for hydroxylation is 2. The first-order chi connectivity index (χ1) is 10.9. The summed E-state index contributed by atoms with van der Waals surface area (Å²) in [5.74, 6) is 0. The van der Waals surface area contributed by atoms with Crippen LogP contribution >= 0.6 is 12.2 Å². The number of thiocarbonyl (C=S) groups is 1. The van der Waals surface area contributed by atoms with E-state index < -0.39 is 0 Å². The average molecular weight is 329 g/mol. The van der Waals surface area contributed by atoms with Gasteiger partial charge in [-0.15, -0.1) is 0 Å². The molecule has 0 saturated heterocycles. The molecule has 0 aromatic heterocycles. The van der Waals surface area contributed by atoms with E-state index >= 15 is 0 Å². The van der Waals surface area contributed by atoms with E-state index in [1.54, 1.807) is 0 Å². The standard InChI is InChI=1S/C19H25N3S/c1-14-10-15(2)12-17(11-14)20-19(23)21-18(13-22(3)4)16-8-6-5-7-9-16/h5-12,18H,13H2,1-4H3,(H2,20,21,23)/p+1/t18-/m0/s1. The maximum Gasteiger partial charge on any atom is 0.171 e. The van der Waals surface area contributed by atoms with E-state index in [-0.39, 0.29) is 6.04 Å². The third kappa shape index (κ3) is 5.66. The van der Waals surface area contributed by atoms with Gasteiger partial charge in [0, 0.05) is 5.69 Å². The van der Waals surface area contributed by atoms with Crippen LogP contribution in [0.15, 0.2) is 48.5 Å². The molecule has 0 saturated carbocycles. The Balaban J connectivity index is 2.08.